The maximum Gasteiger partial charge on any atom is 0.113 e. The molecule has 7 aliphatic carbocycles. The van der Waals surface area contributed by atoms with E-state index in [0.29, 0.717) is 73.6 Å². The summed E-state index contributed by atoms with van der Waals surface area (Å²) in [5, 5.41) is 0. The average Bonchev–Trinajstić information content (AvgIpc) is 1.54. The van der Waals surface area contributed by atoms with Crippen LogP contribution in [0.15, 0.2) is 0 Å². The molecular weight excluding hydrogens is 1190 g/mol. The summed E-state index contributed by atoms with van der Waals surface area (Å²) in [6.45, 7) is 32.4. The van der Waals surface area contributed by atoms with Gasteiger partial charge in [-0.3, -0.25) is 29.4 Å². The van der Waals surface area contributed by atoms with Crippen LogP contribution in [0.4, 0.5) is 4.39 Å². The van der Waals surface area contributed by atoms with Gasteiger partial charge >= 0.3 is 0 Å². The van der Waals surface area contributed by atoms with Crippen LogP contribution in [0.1, 0.15) is 184 Å². The van der Waals surface area contributed by atoms with Crippen LogP contribution in [0.25, 0.3) is 0 Å². The first-order valence-corrected chi connectivity index (χ1v) is 38.6. The zero-order chi connectivity index (χ0) is 67.8. The van der Waals surface area contributed by atoms with Gasteiger partial charge < -0.3 is 47.4 Å². The molecule has 17 heteroatoms. The number of piperidine rings is 6. The largest absolute Gasteiger partial charge is 0.381 e. The van der Waals surface area contributed by atoms with E-state index in [2.05, 4.69) is 84.8 Å². The maximum atomic E-state index is 13.1. The number of likely N-dealkylation sites (tertiary alicyclic amines) is 6. The number of fused-ring (bicyclic) bond motifs is 1. The lowest BCUT2D eigenvalue weighted by atomic mass is 9.81. The van der Waals surface area contributed by atoms with Gasteiger partial charge in [-0.2, -0.15) is 0 Å². The molecule has 0 bridgehead atoms. The second kappa shape index (κ2) is 39.1. The van der Waals surface area contributed by atoms with Crippen LogP contribution in [-0.2, 0) is 47.4 Å². The summed E-state index contributed by atoms with van der Waals surface area (Å²) in [6.07, 6.45) is 28.5. The topological polar surface area (TPSA) is 112 Å². The number of ether oxygens (including phenoxy) is 10. The van der Waals surface area contributed by atoms with Gasteiger partial charge in [-0.05, 0) is 227 Å². The Balaban J connectivity index is 0.000000145. The standard InChI is InChI=1S/4C14H27NO2.C11H19NO.C10H18FNO/c4*1-10(2)13-5-6-15(9-14(13)17-4)11-7-12(8-11)16-3;1-13-11-5-10(6-11)12-3-2-8-4-9(8)7-12;1-13-10-5-9(6-10)12-4-2-3-8(11)7-12/h4*10-14H,5-9H2,1-4H3;8-11H,2-7H2,1H3;8-10H,2-7H2,1H3/t2*11?,12?,13-,14+;2*11?,12?,13-,14-;;/m1010../s1. The Hall–Kier alpha value is -0.710. The molecule has 0 aromatic carbocycles. The summed E-state index contributed by atoms with van der Waals surface area (Å²) < 4.78 is 67.8. The van der Waals surface area contributed by atoms with Crippen molar-refractivity contribution < 1.29 is 51.8 Å². The summed E-state index contributed by atoms with van der Waals surface area (Å²) in [4.78, 5) is 15.5. The maximum absolute atomic E-state index is 13.1. The predicted octanol–water partition coefficient (Wildman–Crippen LogP) is 11.7. The Labute approximate surface area is 574 Å². The quantitative estimate of drug-likeness (QED) is 0.115. The molecule has 13 fully saturated rings. The molecule has 0 spiro atoms. The fourth-order valence-corrected chi connectivity index (χ4v) is 18.6. The molecule has 550 valence electrons. The Morgan fingerprint density at radius 1 is 0.255 bits per heavy atom. The van der Waals surface area contributed by atoms with E-state index in [0.717, 1.165) is 148 Å². The monoisotopic (exact) mass is 1330 g/mol. The first-order chi connectivity index (χ1) is 45.3. The van der Waals surface area contributed by atoms with Crippen LogP contribution in [0.2, 0.25) is 0 Å². The van der Waals surface area contributed by atoms with Gasteiger partial charge in [0.1, 0.15) is 6.17 Å². The molecule has 11 atom stereocenters. The van der Waals surface area contributed by atoms with Gasteiger partial charge in [0.15, 0.2) is 0 Å². The normalized spacial score (nSPS) is 41.1. The number of hydrogen-bond donors (Lipinski definition) is 0. The molecule has 13 rings (SSSR count). The zero-order valence-electron chi connectivity index (χ0n) is 63.4. The highest BCUT2D eigenvalue weighted by atomic mass is 19.1. The number of hydrogen-bond acceptors (Lipinski definition) is 16. The van der Waals surface area contributed by atoms with E-state index in [1.54, 1.807) is 7.11 Å². The molecule has 6 aliphatic heterocycles. The van der Waals surface area contributed by atoms with Crippen molar-refractivity contribution in [2.75, 3.05) is 150 Å². The van der Waals surface area contributed by atoms with Gasteiger partial charge in [0.2, 0.25) is 0 Å². The van der Waals surface area contributed by atoms with Gasteiger partial charge in [0.25, 0.3) is 0 Å². The average molecular weight is 1330 g/mol. The Morgan fingerprint density at radius 3 is 0.702 bits per heavy atom. The van der Waals surface area contributed by atoms with Crippen molar-refractivity contribution in [2.45, 2.75) is 287 Å². The van der Waals surface area contributed by atoms with Crippen LogP contribution < -0.4 is 0 Å². The molecule has 94 heavy (non-hydrogen) atoms. The third-order valence-electron chi connectivity index (χ3n) is 26.4. The first kappa shape index (κ1) is 79.0. The third-order valence-corrected chi connectivity index (χ3v) is 26.4. The molecule has 7 saturated carbocycles. The Kier molecular flexibility index (Phi) is 32.8. The molecule has 0 aromatic heterocycles. The third kappa shape index (κ3) is 21.9. The Morgan fingerprint density at radius 2 is 0.489 bits per heavy atom. The van der Waals surface area contributed by atoms with Gasteiger partial charge in [-0.15, -0.1) is 0 Å². The van der Waals surface area contributed by atoms with E-state index in [-0.39, 0.29) is 0 Å². The molecule has 0 aromatic rings. The molecule has 6 heterocycles. The molecule has 3 unspecified atom stereocenters. The summed E-state index contributed by atoms with van der Waals surface area (Å²) in [6, 6.07) is 4.43. The lowest BCUT2D eigenvalue weighted by Crippen LogP contribution is -2.55. The summed E-state index contributed by atoms with van der Waals surface area (Å²) in [7, 11) is 18.3. The van der Waals surface area contributed by atoms with Crippen LogP contribution in [0.3, 0.4) is 0 Å². The molecule has 6 saturated heterocycles. The molecule has 0 N–H and O–H groups in total. The zero-order valence-corrected chi connectivity index (χ0v) is 63.4. The Bertz CT molecular complexity index is 1830. The van der Waals surface area contributed by atoms with Crippen molar-refractivity contribution in [3.63, 3.8) is 0 Å². The van der Waals surface area contributed by atoms with Gasteiger partial charge in [-0.1, -0.05) is 55.4 Å². The summed E-state index contributed by atoms with van der Waals surface area (Å²) in [5.41, 5.74) is 0. The SMILES string of the molecule is COC1CC(N2CCC3CC3C2)C1.COC1CC(N2CCCC(F)C2)C1.COC1CC(N2CC[C@@H](C(C)C)[C@@H](OC)C2)C1.COC1CC(N2CC[C@@H](C(C)C)[C@H](OC)C2)C1.COC1CC(N2CC[C@H](C(C)C)[C@@H](OC)C2)C1.COC1CC(N2CC[C@H](C(C)C)[C@H](OC)C2)C1. The molecular formula is C77H145FN6O10. The minimum Gasteiger partial charge on any atom is -0.381 e. The van der Waals surface area contributed by atoms with Crippen molar-refractivity contribution in [2.24, 2.45) is 59.2 Å². The predicted molar refractivity (Wildman–Crippen MR) is 378 cm³/mol. The number of nitrogens with zero attached hydrogens (tertiary/aromatic N) is 6. The summed E-state index contributed by atoms with van der Waals surface area (Å²) in [5.74, 6) is 8.05. The molecule has 16 nitrogen and oxygen atoms in total. The minimum atomic E-state index is -0.588. The van der Waals surface area contributed by atoms with Crippen molar-refractivity contribution >= 4 is 0 Å². The molecule has 0 amide bonds. The fraction of sp³-hybridized carbons (Fsp3) is 1.00. The first-order valence-electron chi connectivity index (χ1n) is 38.6. The number of methoxy groups -OCH3 is 10. The molecule has 0 radical (unpaired) electrons. The van der Waals surface area contributed by atoms with E-state index in [4.69, 9.17) is 47.4 Å². The second-order valence-electron chi connectivity index (χ2n) is 33.0. The van der Waals surface area contributed by atoms with Gasteiger partial charge in [0, 0.05) is 147 Å². The number of alkyl halides is 1. The highest BCUT2D eigenvalue weighted by Crippen LogP contribution is 2.47. The van der Waals surface area contributed by atoms with Gasteiger partial charge in [0.05, 0.1) is 61.0 Å². The van der Waals surface area contributed by atoms with E-state index >= 15 is 0 Å². The van der Waals surface area contributed by atoms with Crippen LogP contribution in [-0.4, -0.2) is 282 Å². The van der Waals surface area contributed by atoms with Crippen LogP contribution in [0, 0.1) is 59.2 Å². The highest BCUT2D eigenvalue weighted by molar-refractivity contribution is 5.00. The van der Waals surface area contributed by atoms with Crippen molar-refractivity contribution in [3.8, 4) is 0 Å². The van der Waals surface area contributed by atoms with E-state index in [1.807, 2.05) is 64.0 Å². The van der Waals surface area contributed by atoms with E-state index in [9.17, 15) is 4.39 Å². The van der Waals surface area contributed by atoms with Crippen LogP contribution in [0.5, 0.6) is 0 Å². The smallest absolute Gasteiger partial charge is 0.113 e. The van der Waals surface area contributed by atoms with Crippen molar-refractivity contribution in [3.05, 3.63) is 0 Å². The fourth-order valence-electron chi connectivity index (χ4n) is 18.6. The van der Waals surface area contributed by atoms with E-state index in [1.165, 1.54) is 142 Å². The number of halogens is 1. The number of rotatable bonds is 20. The second-order valence-corrected chi connectivity index (χ2v) is 33.0. The lowest BCUT2D eigenvalue weighted by molar-refractivity contribution is -0.0807. The summed E-state index contributed by atoms with van der Waals surface area (Å²) >= 11 is 0. The van der Waals surface area contributed by atoms with Crippen molar-refractivity contribution in [1.82, 2.24) is 29.4 Å². The highest BCUT2D eigenvalue weighted by Gasteiger charge is 2.47. The van der Waals surface area contributed by atoms with Gasteiger partial charge in [-0.25, -0.2) is 4.39 Å². The van der Waals surface area contributed by atoms with Crippen LogP contribution >= 0.6 is 0 Å². The minimum absolute atomic E-state index is 0.422. The molecule has 13 aliphatic rings. The lowest BCUT2D eigenvalue weighted by Gasteiger charge is -2.48. The van der Waals surface area contributed by atoms with Crippen molar-refractivity contribution in [1.29, 1.82) is 0 Å². The van der Waals surface area contributed by atoms with E-state index < -0.39 is 6.17 Å².